The van der Waals surface area contributed by atoms with Gasteiger partial charge in [0.05, 0.1) is 7.11 Å². The fourth-order valence-corrected chi connectivity index (χ4v) is 3.25. The molecule has 1 aliphatic rings. The summed E-state index contributed by atoms with van der Waals surface area (Å²) < 4.78 is 18.0. The lowest BCUT2D eigenvalue weighted by atomic mass is 9.75. The van der Waals surface area contributed by atoms with Gasteiger partial charge >= 0.3 is 5.97 Å². The number of nitrogens with one attached hydrogen (secondary N) is 1. The van der Waals surface area contributed by atoms with E-state index in [0.717, 1.165) is 31.4 Å². The predicted molar refractivity (Wildman–Crippen MR) is 81.6 cm³/mol. The van der Waals surface area contributed by atoms with Crippen molar-refractivity contribution < 1.29 is 13.9 Å². The van der Waals surface area contributed by atoms with Crippen LogP contribution in [0.3, 0.4) is 0 Å². The monoisotopic (exact) mass is 293 g/mol. The third-order valence-corrected chi connectivity index (χ3v) is 4.46. The number of hydrogen-bond acceptors (Lipinski definition) is 3. The molecule has 1 saturated carbocycles. The van der Waals surface area contributed by atoms with Crippen LogP contribution < -0.4 is 5.32 Å². The van der Waals surface area contributed by atoms with Crippen molar-refractivity contribution in [3.8, 4) is 0 Å². The first-order chi connectivity index (χ1) is 10.1. The van der Waals surface area contributed by atoms with E-state index in [1.54, 1.807) is 12.1 Å². The Kier molecular flexibility index (Phi) is 5.21. The molecular formula is C17H24FNO2. The van der Waals surface area contributed by atoms with Gasteiger partial charge in [0.15, 0.2) is 0 Å². The molecule has 0 radical (unpaired) electrons. The SMILES string of the molecule is CCCC1CCC(Nc2ccc(F)cc2)(C(=O)OC)CC1. The van der Waals surface area contributed by atoms with Crippen LogP contribution in [0.15, 0.2) is 24.3 Å². The normalized spacial score (nSPS) is 25.4. The minimum absolute atomic E-state index is 0.221. The van der Waals surface area contributed by atoms with Crippen LogP contribution in [0, 0.1) is 11.7 Å². The largest absolute Gasteiger partial charge is 0.467 e. The highest BCUT2D eigenvalue weighted by molar-refractivity contribution is 5.84. The van der Waals surface area contributed by atoms with Gasteiger partial charge in [0.1, 0.15) is 11.4 Å². The lowest BCUT2D eigenvalue weighted by molar-refractivity contribution is -0.147. The number of methoxy groups -OCH3 is 1. The number of anilines is 1. The van der Waals surface area contributed by atoms with Crippen LogP contribution >= 0.6 is 0 Å². The smallest absolute Gasteiger partial charge is 0.331 e. The molecule has 1 N–H and O–H groups in total. The molecule has 0 unspecified atom stereocenters. The van der Waals surface area contributed by atoms with Crippen LogP contribution in [0.25, 0.3) is 0 Å². The Hall–Kier alpha value is -1.58. The molecule has 116 valence electrons. The average Bonchev–Trinajstić information content (AvgIpc) is 2.51. The third-order valence-electron chi connectivity index (χ3n) is 4.46. The van der Waals surface area contributed by atoms with E-state index < -0.39 is 5.54 Å². The van der Waals surface area contributed by atoms with E-state index in [9.17, 15) is 9.18 Å². The highest BCUT2D eigenvalue weighted by Crippen LogP contribution is 2.37. The van der Waals surface area contributed by atoms with Gasteiger partial charge in [-0.25, -0.2) is 9.18 Å². The van der Waals surface area contributed by atoms with E-state index in [0.29, 0.717) is 5.92 Å². The predicted octanol–water partition coefficient (Wildman–Crippen LogP) is 4.14. The first kappa shape index (κ1) is 15.8. The fourth-order valence-electron chi connectivity index (χ4n) is 3.25. The summed E-state index contributed by atoms with van der Waals surface area (Å²) in [6.07, 6.45) is 5.98. The molecule has 0 bridgehead atoms. The number of benzene rings is 1. The molecule has 21 heavy (non-hydrogen) atoms. The summed E-state index contributed by atoms with van der Waals surface area (Å²) in [5.41, 5.74) is 0.0901. The molecule has 0 spiro atoms. The maximum Gasteiger partial charge on any atom is 0.331 e. The van der Waals surface area contributed by atoms with Crippen molar-refractivity contribution in [2.24, 2.45) is 5.92 Å². The van der Waals surface area contributed by atoms with Crippen molar-refractivity contribution in [3.63, 3.8) is 0 Å². The van der Waals surface area contributed by atoms with E-state index >= 15 is 0 Å². The molecule has 4 heteroatoms. The quantitative estimate of drug-likeness (QED) is 0.829. The first-order valence-corrected chi connectivity index (χ1v) is 7.72. The van der Waals surface area contributed by atoms with Gasteiger partial charge in [-0.1, -0.05) is 19.8 Å². The second-order valence-electron chi connectivity index (χ2n) is 5.94. The lowest BCUT2D eigenvalue weighted by Gasteiger charge is -2.39. The van der Waals surface area contributed by atoms with Crippen molar-refractivity contribution in [1.29, 1.82) is 0 Å². The summed E-state index contributed by atoms with van der Waals surface area (Å²) in [7, 11) is 1.43. The molecular weight excluding hydrogens is 269 g/mol. The number of carbonyl (C=O) groups excluding carboxylic acids is 1. The standard InChI is InChI=1S/C17H24FNO2/c1-3-4-13-9-11-17(12-10-13,16(20)21-2)19-15-7-5-14(18)6-8-15/h5-8,13,19H,3-4,9-12H2,1-2H3. The average molecular weight is 293 g/mol. The zero-order valence-corrected chi connectivity index (χ0v) is 12.8. The van der Waals surface area contributed by atoms with Crippen LogP contribution in [-0.4, -0.2) is 18.6 Å². The van der Waals surface area contributed by atoms with Gasteiger partial charge in [-0.2, -0.15) is 0 Å². The summed E-state index contributed by atoms with van der Waals surface area (Å²) >= 11 is 0. The lowest BCUT2D eigenvalue weighted by Crippen LogP contribution is -2.49. The Labute approximate surface area is 125 Å². The van der Waals surface area contributed by atoms with Gasteiger partial charge < -0.3 is 10.1 Å². The molecule has 1 aliphatic carbocycles. The second kappa shape index (κ2) is 6.92. The Morgan fingerprint density at radius 1 is 1.33 bits per heavy atom. The second-order valence-corrected chi connectivity index (χ2v) is 5.94. The van der Waals surface area contributed by atoms with Crippen molar-refractivity contribution in [2.45, 2.75) is 51.0 Å². The number of halogens is 1. The molecule has 0 heterocycles. The number of rotatable bonds is 5. The molecule has 2 rings (SSSR count). The van der Waals surface area contributed by atoms with Crippen LogP contribution in [0.4, 0.5) is 10.1 Å². The van der Waals surface area contributed by atoms with E-state index in [1.807, 2.05) is 0 Å². The van der Waals surface area contributed by atoms with E-state index in [1.165, 1.54) is 32.1 Å². The molecule has 0 saturated heterocycles. The molecule has 1 aromatic carbocycles. The molecule has 0 aromatic heterocycles. The third kappa shape index (κ3) is 3.74. The number of hydrogen-bond donors (Lipinski definition) is 1. The number of esters is 1. The highest BCUT2D eigenvalue weighted by atomic mass is 19.1. The van der Waals surface area contributed by atoms with Crippen LogP contribution in [0.1, 0.15) is 45.4 Å². The van der Waals surface area contributed by atoms with E-state index in [-0.39, 0.29) is 11.8 Å². The number of ether oxygens (including phenoxy) is 1. The summed E-state index contributed by atoms with van der Waals surface area (Å²) in [6.45, 7) is 2.19. The Balaban J connectivity index is 2.11. The maximum absolute atomic E-state index is 13.0. The molecule has 1 fully saturated rings. The summed E-state index contributed by atoms with van der Waals surface area (Å²) in [5, 5.41) is 3.29. The maximum atomic E-state index is 13.0. The zero-order chi connectivity index (χ0) is 15.3. The molecule has 0 aliphatic heterocycles. The van der Waals surface area contributed by atoms with Crippen molar-refractivity contribution in [2.75, 3.05) is 12.4 Å². The van der Waals surface area contributed by atoms with Crippen molar-refractivity contribution >= 4 is 11.7 Å². The van der Waals surface area contributed by atoms with Crippen LogP contribution in [0.5, 0.6) is 0 Å². The van der Waals surface area contributed by atoms with Gasteiger partial charge in [-0.15, -0.1) is 0 Å². The Bertz CT molecular complexity index is 464. The summed E-state index contributed by atoms with van der Waals surface area (Å²) in [5.74, 6) is 0.198. The van der Waals surface area contributed by atoms with Gasteiger partial charge in [-0.3, -0.25) is 0 Å². The van der Waals surface area contributed by atoms with E-state index in [4.69, 9.17) is 4.74 Å². The van der Waals surface area contributed by atoms with Crippen LogP contribution in [-0.2, 0) is 9.53 Å². The van der Waals surface area contributed by atoms with Crippen LogP contribution in [0.2, 0.25) is 0 Å². The van der Waals surface area contributed by atoms with Gasteiger partial charge in [0.25, 0.3) is 0 Å². The van der Waals surface area contributed by atoms with Crippen molar-refractivity contribution in [3.05, 3.63) is 30.1 Å². The van der Waals surface area contributed by atoms with Gasteiger partial charge in [-0.05, 0) is 55.9 Å². The Morgan fingerprint density at radius 3 is 2.48 bits per heavy atom. The van der Waals surface area contributed by atoms with E-state index in [2.05, 4.69) is 12.2 Å². The molecule has 0 amide bonds. The van der Waals surface area contributed by atoms with Gasteiger partial charge in [0.2, 0.25) is 0 Å². The minimum atomic E-state index is -0.670. The van der Waals surface area contributed by atoms with Gasteiger partial charge in [0, 0.05) is 5.69 Å². The zero-order valence-electron chi connectivity index (χ0n) is 12.8. The minimum Gasteiger partial charge on any atom is -0.467 e. The fraction of sp³-hybridized carbons (Fsp3) is 0.588. The topological polar surface area (TPSA) is 38.3 Å². The Morgan fingerprint density at radius 2 is 1.95 bits per heavy atom. The highest BCUT2D eigenvalue weighted by Gasteiger charge is 2.42. The summed E-state index contributed by atoms with van der Waals surface area (Å²) in [4.78, 5) is 12.3. The van der Waals surface area contributed by atoms with Crippen molar-refractivity contribution in [1.82, 2.24) is 0 Å². The molecule has 0 atom stereocenters. The number of carbonyl (C=O) groups is 1. The summed E-state index contributed by atoms with van der Waals surface area (Å²) in [6, 6.07) is 6.13. The molecule has 3 nitrogen and oxygen atoms in total. The molecule has 1 aromatic rings. The first-order valence-electron chi connectivity index (χ1n) is 7.72.